The first kappa shape index (κ1) is 21.1. The van der Waals surface area contributed by atoms with Gasteiger partial charge < -0.3 is 14.5 Å². The summed E-state index contributed by atoms with van der Waals surface area (Å²) in [5.74, 6) is 0.337. The monoisotopic (exact) mass is 453 g/mol. The van der Waals surface area contributed by atoms with Crippen LogP contribution < -0.4 is 10.1 Å². The third-order valence-corrected chi connectivity index (χ3v) is 5.38. The van der Waals surface area contributed by atoms with Gasteiger partial charge in [-0.3, -0.25) is 9.59 Å². The summed E-state index contributed by atoms with van der Waals surface area (Å²) < 4.78 is 12.6. The fourth-order valence-corrected chi connectivity index (χ4v) is 3.68. The van der Waals surface area contributed by atoms with Gasteiger partial charge in [-0.1, -0.05) is 36.4 Å². The number of hydrogen-bond acceptors (Lipinski definition) is 7. The molecule has 168 valence electrons. The second-order valence-corrected chi connectivity index (χ2v) is 7.52. The number of para-hydroxylation sites is 1. The highest BCUT2D eigenvalue weighted by Gasteiger charge is 2.24. The second-order valence-electron chi connectivity index (χ2n) is 7.52. The summed E-state index contributed by atoms with van der Waals surface area (Å²) in [6, 6.07) is 20.8. The molecule has 0 saturated heterocycles. The average molecular weight is 453 g/mol. The van der Waals surface area contributed by atoms with Crippen LogP contribution in [0.15, 0.2) is 77.2 Å². The van der Waals surface area contributed by atoms with E-state index in [4.69, 9.17) is 9.15 Å². The van der Waals surface area contributed by atoms with Gasteiger partial charge in [-0.25, -0.2) is 4.68 Å². The van der Waals surface area contributed by atoms with E-state index in [1.54, 1.807) is 67.7 Å². The van der Waals surface area contributed by atoms with Gasteiger partial charge >= 0.3 is 0 Å². The van der Waals surface area contributed by atoms with Crippen LogP contribution in [-0.4, -0.2) is 39.0 Å². The van der Waals surface area contributed by atoms with E-state index in [9.17, 15) is 9.59 Å². The number of carbonyl (C=O) groups is 2. The highest BCUT2D eigenvalue weighted by Crippen LogP contribution is 2.33. The van der Waals surface area contributed by atoms with Gasteiger partial charge in [0.25, 0.3) is 5.91 Å². The lowest BCUT2D eigenvalue weighted by Crippen LogP contribution is -2.14. The number of rotatable bonds is 6. The molecule has 9 heteroatoms. The first-order chi connectivity index (χ1) is 16.5. The summed E-state index contributed by atoms with van der Waals surface area (Å²) in [5.41, 5.74) is 2.24. The van der Waals surface area contributed by atoms with Gasteiger partial charge in [0.2, 0.25) is 5.78 Å². The average Bonchev–Trinajstić information content (AvgIpc) is 3.47. The quantitative estimate of drug-likeness (QED) is 0.385. The number of nitrogens with zero attached hydrogens (tertiary/aromatic N) is 4. The highest BCUT2D eigenvalue weighted by molar-refractivity contribution is 6.19. The molecule has 0 fully saturated rings. The molecule has 0 aliphatic heterocycles. The largest absolute Gasteiger partial charge is 0.497 e. The SMILES string of the molecule is COc1cccc(C(=O)c2oc3ccccc3c2NC(=O)c2cccc(-c3nnnn3C)c2)c1. The second kappa shape index (κ2) is 8.62. The molecule has 5 aromatic rings. The molecule has 0 radical (unpaired) electrons. The van der Waals surface area contributed by atoms with Gasteiger partial charge in [-0.2, -0.15) is 0 Å². The number of tetrazole rings is 1. The van der Waals surface area contributed by atoms with Crippen molar-refractivity contribution < 1.29 is 18.7 Å². The number of ether oxygens (including phenoxy) is 1. The van der Waals surface area contributed by atoms with Crippen molar-refractivity contribution in [1.29, 1.82) is 0 Å². The number of fused-ring (bicyclic) bond motifs is 1. The van der Waals surface area contributed by atoms with E-state index >= 15 is 0 Å². The van der Waals surface area contributed by atoms with Crippen molar-refractivity contribution in [2.75, 3.05) is 12.4 Å². The van der Waals surface area contributed by atoms with Crippen molar-refractivity contribution in [3.8, 4) is 17.1 Å². The number of amides is 1. The van der Waals surface area contributed by atoms with Crippen LogP contribution in [0.4, 0.5) is 5.69 Å². The van der Waals surface area contributed by atoms with Crippen molar-refractivity contribution in [3.05, 3.63) is 89.7 Å². The van der Waals surface area contributed by atoms with Crippen LogP contribution in [0.5, 0.6) is 5.75 Å². The number of ketones is 1. The van der Waals surface area contributed by atoms with E-state index in [0.717, 1.165) is 0 Å². The first-order valence-electron chi connectivity index (χ1n) is 10.4. The molecule has 0 saturated carbocycles. The molecule has 5 rings (SSSR count). The molecule has 0 unspecified atom stereocenters. The lowest BCUT2D eigenvalue weighted by atomic mass is 10.1. The van der Waals surface area contributed by atoms with Crippen LogP contribution in [0.25, 0.3) is 22.4 Å². The number of carbonyl (C=O) groups excluding carboxylic acids is 2. The summed E-state index contributed by atoms with van der Waals surface area (Å²) in [6.07, 6.45) is 0. The van der Waals surface area contributed by atoms with Crippen LogP contribution in [0, 0.1) is 0 Å². The van der Waals surface area contributed by atoms with Crippen LogP contribution in [0.2, 0.25) is 0 Å². The molecule has 34 heavy (non-hydrogen) atoms. The maximum Gasteiger partial charge on any atom is 0.255 e. The molecular weight excluding hydrogens is 434 g/mol. The third kappa shape index (κ3) is 3.79. The Labute approximate surface area is 194 Å². The Morgan fingerprint density at radius 3 is 2.56 bits per heavy atom. The zero-order valence-electron chi connectivity index (χ0n) is 18.4. The Bertz CT molecular complexity index is 1540. The molecule has 1 N–H and O–H groups in total. The smallest absolute Gasteiger partial charge is 0.255 e. The molecule has 0 bridgehead atoms. The minimum Gasteiger partial charge on any atom is -0.497 e. The minimum atomic E-state index is -0.400. The molecule has 0 atom stereocenters. The maximum atomic E-state index is 13.3. The molecule has 0 aliphatic carbocycles. The predicted molar refractivity (Wildman–Crippen MR) is 125 cm³/mol. The zero-order chi connectivity index (χ0) is 23.7. The van der Waals surface area contributed by atoms with E-state index in [1.165, 1.54) is 11.8 Å². The fraction of sp³-hybridized carbons (Fsp3) is 0.0800. The van der Waals surface area contributed by atoms with Gasteiger partial charge in [0.1, 0.15) is 11.3 Å². The van der Waals surface area contributed by atoms with Crippen molar-refractivity contribution in [2.45, 2.75) is 0 Å². The summed E-state index contributed by atoms with van der Waals surface area (Å²) in [4.78, 5) is 26.6. The van der Waals surface area contributed by atoms with Crippen molar-refractivity contribution >= 4 is 28.3 Å². The number of anilines is 1. The third-order valence-electron chi connectivity index (χ3n) is 5.38. The normalized spacial score (nSPS) is 10.9. The van der Waals surface area contributed by atoms with Crippen LogP contribution in [0.1, 0.15) is 26.5 Å². The van der Waals surface area contributed by atoms with Crippen molar-refractivity contribution in [1.82, 2.24) is 20.2 Å². The van der Waals surface area contributed by atoms with E-state index < -0.39 is 5.91 Å². The van der Waals surface area contributed by atoms with Gasteiger partial charge in [0, 0.05) is 29.1 Å². The first-order valence-corrected chi connectivity index (χ1v) is 10.4. The van der Waals surface area contributed by atoms with Gasteiger partial charge in [0.05, 0.1) is 12.8 Å². The topological polar surface area (TPSA) is 112 Å². The van der Waals surface area contributed by atoms with Crippen molar-refractivity contribution in [3.63, 3.8) is 0 Å². The molecule has 0 spiro atoms. The Hall–Kier alpha value is -4.79. The number of aryl methyl sites for hydroxylation is 1. The lowest BCUT2D eigenvalue weighted by Gasteiger charge is -2.08. The van der Waals surface area contributed by atoms with Gasteiger partial charge in [-0.15, -0.1) is 5.10 Å². The van der Waals surface area contributed by atoms with E-state index in [2.05, 4.69) is 20.8 Å². The standard InChI is InChI=1S/C25H19N5O4/c1-30-24(27-28-29-30)16-8-5-9-17(13-16)25(32)26-21-19-11-3-4-12-20(19)34-23(21)22(31)15-7-6-10-18(14-15)33-2/h3-14H,1-2H3,(H,26,32). The minimum absolute atomic E-state index is 0.0384. The summed E-state index contributed by atoms with van der Waals surface area (Å²) in [6.45, 7) is 0. The summed E-state index contributed by atoms with van der Waals surface area (Å²) >= 11 is 0. The van der Waals surface area contributed by atoms with Crippen LogP contribution in [-0.2, 0) is 7.05 Å². The predicted octanol–water partition coefficient (Wildman–Crippen LogP) is 4.12. The number of nitrogens with one attached hydrogen (secondary N) is 1. The maximum absolute atomic E-state index is 13.3. The molecule has 2 aromatic heterocycles. The van der Waals surface area contributed by atoms with Gasteiger partial charge in [-0.05, 0) is 46.8 Å². The summed E-state index contributed by atoms with van der Waals surface area (Å²) in [7, 11) is 3.25. The van der Waals surface area contributed by atoms with Crippen LogP contribution >= 0.6 is 0 Å². The number of methoxy groups -OCH3 is 1. The fourth-order valence-electron chi connectivity index (χ4n) is 3.68. The Morgan fingerprint density at radius 2 is 1.76 bits per heavy atom. The lowest BCUT2D eigenvalue weighted by molar-refractivity contribution is 0.101. The highest BCUT2D eigenvalue weighted by atomic mass is 16.5. The summed E-state index contributed by atoms with van der Waals surface area (Å²) in [5, 5.41) is 15.0. The van der Waals surface area contributed by atoms with Crippen molar-refractivity contribution in [2.24, 2.45) is 7.05 Å². The number of furan rings is 1. The Morgan fingerprint density at radius 1 is 0.971 bits per heavy atom. The number of benzene rings is 3. The number of hydrogen-bond donors (Lipinski definition) is 1. The number of aromatic nitrogens is 4. The Kier molecular flexibility index (Phi) is 5.35. The molecule has 9 nitrogen and oxygen atoms in total. The molecule has 0 aliphatic rings. The molecular formula is C25H19N5O4. The van der Waals surface area contributed by atoms with Crippen LogP contribution in [0.3, 0.4) is 0 Å². The Balaban J connectivity index is 1.53. The van der Waals surface area contributed by atoms with E-state index in [0.29, 0.717) is 44.9 Å². The molecule has 1 amide bonds. The molecule has 3 aromatic carbocycles. The van der Waals surface area contributed by atoms with Gasteiger partial charge in [0.15, 0.2) is 11.6 Å². The zero-order valence-corrected chi connectivity index (χ0v) is 18.4. The van der Waals surface area contributed by atoms with E-state index in [1.807, 2.05) is 12.1 Å². The molecule has 2 heterocycles. The van der Waals surface area contributed by atoms with E-state index in [-0.39, 0.29) is 11.5 Å².